The molecule has 0 aromatic heterocycles. The molecule has 0 bridgehead atoms. The minimum atomic E-state index is -4.42. The molecule has 0 rings (SSSR count). The molecule has 0 amide bonds. The number of rotatable bonds is 4. The number of alkyl halides is 3. The van der Waals surface area contributed by atoms with Crippen molar-refractivity contribution in [2.75, 3.05) is 6.61 Å². The molecule has 0 aliphatic carbocycles. The Labute approximate surface area is 81.2 Å². The molecule has 0 saturated carbocycles. The minimum absolute atomic E-state index is 0. The zero-order chi connectivity index (χ0) is 9.78. The molecule has 0 aliphatic rings. The normalized spacial score (nSPS) is 16.2. The molecule has 2 atom stereocenters. The van der Waals surface area contributed by atoms with Crippen molar-refractivity contribution in [3.05, 3.63) is 0 Å². The molecule has 6 heteroatoms. The molecule has 0 spiro atoms. The van der Waals surface area contributed by atoms with E-state index in [4.69, 9.17) is 10.2 Å². The van der Waals surface area contributed by atoms with Gasteiger partial charge in [0.2, 0.25) is 0 Å². The molecule has 2 nitrogen and oxygen atoms in total. The molecule has 0 aromatic carbocycles. The van der Waals surface area contributed by atoms with Crippen LogP contribution >= 0.6 is 12.4 Å². The van der Waals surface area contributed by atoms with Gasteiger partial charge in [-0.15, -0.1) is 12.4 Å². The zero-order valence-corrected chi connectivity index (χ0v) is 8.03. The first-order chi connectivity index (χ1) is 5.43. The zero-order valence-electron chi connectivity index (χ0n) is 7.21. The van der Waals surface area contributed by atoms with Crippen LogP contribution < -0.4 is 0 Å². The number of aliphatic hydroxyl groups is 2. The van der Waals surface area contributed by atoms with Crippen molar-refractivity contribution in [3.63, 3.8) is 0 Å². The number of hydrogen-bond donors (Lipinski definition) is 2. The predicted molar refractivity (Wildman–Crippen MR) is 44.8 cm³/mol. The van der Waals surface area contributed by atoms with Crippen LogP contribution in [0.5, 0.6) is 0 Å². The van der Waals surface area contributed by atoms with Gasteiger partial charge in [-0.1, -0.05) is 6.92 Å². The third kappa shape index (κ3) is 5.33. The maximum Gasteiger partial charge on any atom is 0.394 e. The lowest BCUT2D eigenvalue weighted by atomic mass is 9.96. The Morgan fingerprint density at radius 1 is 1.31 bits per heavy atom. The van der Waals surface area contributed by atoms with Crippen LogP contribution in [-0.4, -0.2) is 29.1 Å². The third-order valence-corrected chi connectivity index (χ3v) is 1.74. The summed E-state index contributed by atoms with van der Waals surface area (Å²) in [5.41, 5.74) is 0. The van der Waals surface area contributed by atoms with E-state index in [9.17, 15) is 13.2 Å². The van der Waals surface area contributed by atoms with Crippen LogP contribution in [0, 0.1) is 5.92 Å². The van der Waals surface area contributed by atoms with Gasteiger partial charge in [0.05, 0.1) is 12.0 Å². The summed E-state index contributed by atoms with van der Waals surface area (Å²) in [7, 11) is 0. The van der Waals surface area contributed by atoms with Gasteiger partial charge < -0.3 is 10.2 Å². The molecule has 82 valence electrons. The van der Waals surface area contributed by atoms with Gasteiger partial charge in [0, 0.05) is 6.61 Å². The topological polar surface area (TPSA) is 40.5 Å². The van der Waals surface area contributed by atoms with Crippen LogP contribution in [0.4, 0.5) is 13.2 Å². The lowest BCUT2D eigenvalue weighted by molar-refractivity contribution is -0.203. The van der Waals surface area contributed by atoms with Gasteiger partial charge in [0.15, 0.2) is 0 Å². The third-order valence-electron chi connectivity index (χ3n) is 1.74. The van der Waals surface area contributed by atoms with Crippen LogP contribution in [0.15, 0.2) is 0 Å². The highest BCUT2D eigenvalue weighted by atomic mass is 35.5. The van der Waals surface area contributed by atoms with Crippen molar-refractivity contribution in [2.24, 2.45) is 5.92 Å². The Morgan fingerprint density at radius 3 is 2.00 bits per heavy atom. The van der Waals surface area contributed by atoms with E-state index >= 15 is 0 Å². The first-order valence-corrected chi connectivity index (χ1v) is 3.79. The van der Waals surface area contributed by atoms with E-state index in [0.29, 0.717) is 0 Å². The van der Waals surface area contributed by atoms with Crippen LogP contribution in [0.2, 0.25) is 0 Å². The molecular weight excluding hydrogens is 209 g/mol. The van der Waals surface area contributed by atoms with Crippen molar-refractivity contribution in [1.29, 1.82) is 0 Å². The fraction of sp³-hybridized carbons (Fsp3) is 1.00. The summed E-state index contributed by atoms with van der Waals surface area (Å²) >= 11 is 0. The first kappa shape index (κ1) is 15.5. The summed E-state index contributed by atoms with van der Waals surface area (Å²) in [6.07, 6.45) is -6.21. The number of halogens is 4. The monoisotopic (exact) mass is 222 g/mol. The van der Waals surface area contributed by atoms with Crippen molar-refractivity contribution in [1.82, 2.24) is 0 Å². The Kier molecular flexibility index (Phi) is 7.68. The largest absolute Gasteiger partial charge is 0.396 e. The quantitative estimate of drug-likeness (QED) is 0.761. The van der Waals surface area contributed by atoms with Gasteiger partial charge in [-0.2, -0.15) is 13.2 Å². The second-order valence-electron chi connectivity index (χ2n) is 2.64. The van der Waals surface area contributed by atoms with Crippen LogP contribution in [0.1, 0.15) is 19.8 Å². The van der Waals surface area contributed by atoms with Gasteiger partial charge in [-0.25, -0.2) is 0 Å². The summed E-state index contributed by atoms with van der Waals surface area (Å²) in [5, 5.41) is 17.3. The van der Waals surface area contributed by atoms with E-state index in [0.717, 1.165) is 0 Å². The average Bonchev–Trinajstić information content (AvgIpc) is 1.96. The highest BCUT2D eigenvalue weighted by Crippen LogP contribution is 2.32. The Hall–Kier alpha value is -0.0000000000000000555. The van der Waals surface area contributed by atoms with E-state index in [1.807, 2.05) is 0 Å². The smallest absolute Gasteiger partial charge is 0.394 e. The molecule has 0 heterocycles. The standard InChI is InChI=1S/C7H13F3O2.ClH/c1-2-6(12)5(3-4-11)7(8,9)10;/h5-6,11-12H,2-4H2,1H3;1H. The van der Waals surface area contributed by atoms with E-state index in [2.05, 4.69) is 0 Å². The predicted octanol–water partition coefficient (Wildman–Crippen LogP) is 1.74. The maximum atomic E-state index is 12.1. The molecule has 2 N–H and O–H groups in total. The average molecular weight is 223 g/mol. The Balaban J connectivity index is 0. The number of hydrogen-bond acceptors (Lipinski definition) is 2. The summed E-state index contributed by atoms with van der Waals surface area (Å²) in [6, 6.07) is 0. The van der Waals surface area contributed by atoms with Crippen LogP contribution in [0.3, 0.4) is 0 Å². The molecular formula is C7H14ClF3O2. The summed E-state index contributed by atoms with van der Waals surface area (Å²) in [4.78, 5) is 0. The minimum Gasteiger partial charge on any atom is -0.396 e. The fourth-order valence-electron chi connectivity index (χ4n) is 0.998. The van der Waals surface area contributed by atoms with Gasteiger partial charge in [-0.05, 0) is 12.8 Å². The van der Waals surface area contributed by atoms with Gasteiger partial charge in [0.1, 0.15) is 0 Å². The highest BCUT2D eigenvalue weighted by Gasteiger charge is 2.42. The Morgan fingerprint density at radius 2 is 1.77 bits per heavy atom. The molecule has 13 heavy (non-hydrogen) atoms. The SMILES string of the molecule is CCC(O)C(CCO)C(F)(F)F.Cl. The Bertz CT molecular complexity index is 129. The van der Waals surface area contributed by atoms with E-state index in [1.165, 1.54) is 6.92 Å². The number of aliphatic hydroxyl groups excluding tert-OH is 2. The second-order valence-corrected chi connectivity index (χ2v) is 2.64. The molecule has 2 unspecified atom stereocenters. The summed E-state index contributed by atoms with van der Waals surface area (Å²) < 4.78 is 36.2. The van der Waals surface area contributed by atoms with Crippen molar-refractivity contribution in [3.8, 4) is 0 Å². The highest BCUT2D eigenvalue weighted by molar-refractivity contribution is 5.85. The van der Waals surface area contributed by atoms with Gasteiger partial charge in [0.25, 0.3) is 0 Å². The lowest BCUT2D eigenvalue weighted by Crippen LogP contribution is -2.34. The van der Waals surface area contributed by atoms with E-state index in [-0.39, 0.29) is 18.8 Å². The van der Waals surface area contributed by atoms with E-state index < -0.39 is 31.2 Å². The molecule has 0 fully saturated rings. The fourth-order valence-corrected chi connectivity index (χ4v) is 0.998. The van der Waals surface area contributed by atoms with Gasteiger partial charge in [-0.3, -0.25) is 0 Å². The maximum absolute atomic E-state index is 12.1. The molecule has 0 radical (unpaired) electrons. The second kappa shape index (κ2) is 6.45. The molecule has 0 saturated heterocycles. The van der Waals surface area contributed by atoms with Crippen LogP contribution in [0.25, 0.3) is 0 Å². The summed E-state index contributed by atoms with van der Waals surface area (Å²) in [5.74, 6) is -1.80. The molecule has 0 aromatic rings. The summed E-state index contributed by atoms with van der Waals surface area (Å²) in [6.45, 7) is 0.919. The van der Waals surface area contributed by atoms with Gasteiger partial charge >= 0.3 is 6.18 Å². The van der Waals surface area contributed by atoms with Crippen molar-refractivity contribution >= 4 is 12.4 Å². The lowest BCUT2D eigenvalue weighted by Gasteiger charge is -2.23. The van der Waals surface area contributed by atoms with Crippen molar-refractivity contribution < 1.29 is 23.4 Å². The first-order valence-electron chi connectivity index (χ1n) is 3.79. The van der Waals surface area contributed by atoms with E-state index in [1.54, 1.807) is 0 Å². The van der Waals surface area contributed by atoms with Crippen LogP contribution in [-0.2, 0) is 0 Å². The van der Waals surface area contributed by atoms with Crippen molar-refractivity contribution in [2.45, 2.75) is 32.0 Å². The molecule has 0 aliphatic heterocycles.